The normalized spacial score (nSPS) is 15.6. The molecule has 0 saturated heterocycles. The second kappa shape index (κ2) is 11.5. The van der Waals surface area contributed by atoms with Crippen molar-refractivity contribution in [1.82, 2.24) is 15.1 Å². The van der Waals surface area contributed by atoms with Gasteiger partial charge in [-0.3, -0.25) is 14.5 Å². The van der Waals surface area contributed by atoms with Crippen LogP contribution in [-0.4, -0.2) is 54.7 Å². The highest BCUT2D eigenvalue weighted by atomic mass is 32.2. The van der Waals surface area contributed by atoms with E-state index in [4.69, 9.17) is 14.6 Å². The second-order valence-corrected chi connectivity index (χ2v) is 11.3. The minimum Gasteiger partial charge on any atom is -0.497 e. The Kier molecular flexibility index (Phi) is 8.35. The smallest absolute Gasteiger partial charge is 0.240 e. The summed E-state index contributed by atoms with van der Waals surface area (Å²) in [7, 11) is 3.28. The van der Waals surface area contributed by atoms with Gasteiger partial charge in [-0.1, -0.05) is 45.9 Å². The van der Waals surface area contributed by atoms with E-state index < -0.39 is 0 Å². The number of methoxy groups -OCH3 is 2. The molecular formula is C29H36N4O4S. The van der Waals surface area contributed by atoms with Crippen LogP contribution in [0, 0.1) is 0 Å². The van der Waals surface area contributed by atoms with Crippen LogP contribution in [-0.2, 0) is 15.0 Å². The molecule has 202 valence electrons. The van der Waals surface area contributed by atoms with Crippen molar-refractivity contribution in [3.63, 3.8) is 0 Å². The minimum atomic E-state index is -0.341. The van der Waals surface area contributed by atoms with Gasteiger partial charge < -0.3 is 14.8 Å². The molecule has 38 heavy (non-hydrogen) atoms. The molecular weight excluding hydrogens is 500 g/mol. The lowest BCUT2D eigenvalue weighted by Gasteiger charge is -2.25. The van der Waals surface area contributed by atoms with Gasteiger partial charge in [0.05, 0.1) is 36.6 Å². The van der Waals surface area contributed by atoms with E-state index in [1.807, 2.05) is 55.5 Å². The van der Waals surface area contributed by atoms with Crippen molar-refractivity contribution in [2.24, 2.45) is 0 Å². The lowest BCUT2D eigenvalue weighted by atomic mass is 9.87. The summed E-state index contributed by atoms with van der Waals surface area (Å²) in [4.78, 5) is 28.2. The highest BCUT2D eigenvalue weighted by Gasteiger charge is 2.40. The van der Waals surface area contributed by atoms with Crippen LogP contribution >= 0.6 is 11.8 Å². The first-order valence-corrected chi connectivity index (χ1v) is 13.8. The maximum atomic E-state index is 13.7. The number of ether oxygens (including phenoxy) is 2. The van der Waals surface area contributed by atoms with E-state index in [-0.39, 0.29) is 34.8 Å². The Morgan fingerprint density at radius 1 is 1.11 bits per heavy atom. The van der Waals surface area contributed by atoms with Crippen molar-refractivity contribution in [1.29, 1.82) is 0 Å². The van der Waals surface area contributed by atoms with E-state index in [0.29, 0.717) is 12.4 Å². The average molecular weight is 537 g/mol. The molecule has 4 rings (SSSR count). The van der Waals surface area contributed by atoms with E-state index in [0.717, 1.165) is 40.4 Å². The first-order chi connectivity index (χ1) is 18.2. The predicted octanol–water partition coefficient (Wildman–Crippen LogP) is 4.88. The van der Waals surface area contributed by atoms with Crippen LogP contribution in [0.25, 0.3) is 5.69 Å². The zero-order chi connectivity index (χ0) is 27.4. The zero-order valence-electron chi connectivity index (χ0n) is 22.9. The van der Waals surface area contributed by atoms with Crippen LogP contribution in [0.1, 0.15) is 56.2 Å². The SMILES string of the molecule is CCCNC(=O)CN1C(=O)CSC(c2ccccc2OC)c2c(C(C)(C)C)nn(-c3ccc(OC)cc3)c21. The Balaban J connectivity index is 2.01. The van der Waals surface area contributed by atoms with E-state index in [1.54, 1.807) is 23.8 Å². The highest BCUT2D eigenvalue weighted by molar-refractivity contribution is 8.00. The number of benzene rings is 2. The molecule has 2 amide bonds. The summed E-state index contributed by atoms with van der Waals surface area (Å²) in [6.07, 6.45) is 0.814. The Morgan fingerprint density at radius 3 is 2.45 bits per heavy atom. The van der Waals surface area contributed by atoms with Crippen molar-refractivity contribution in [2.75, 3.05) is 38.0 Å². The number of amides is 2. The summed E-state index contributed by atoms with van der Waals surface area (Å²) in [6.45, 7) is 8.81. The number of nitrogens with one attached hydrogen (secondary N) is 1. The monoisotopic (exact) mass is 536 g/mol. The maximum absolute atomic E-state index is 13.7. The standard InChI is InChI=1S/C29H36N4O4S/c1-7-16-30-23(34)17-32-24(35)18-38-26(21-10-8-9-11-22(21)37-6)25-27(29(2,3)4)31-33(28(25)32)19-12-14-20(36-5)15-13-19/h8-15,26H,7,16-18H2,1-6H3,(H,30,34). The Labute approximate surface area is 228 Å². The van der Waals surface area contributed by atoms with Crippen molar-refractivity contribution in [3.05, 3.63) is 65.4 Å². The van der Waals surface area contributed by atoms with Gasteiger partial charge in [-0.15, -0.1) is 11.8 Å². The molecule has 1 aliphatic heterocycles. The van der Waals surface area contributed by atoms with Gasteiger partial charge in [-0.05, 0) is 36.8 Å². The third kappa shape index (κ3) is 5.53. The van der Waals surface area contributed by atoms with Gasteiger partial charge in [0.2, 0.25) is 11.8 Å². The third-order valence-electron chi connectivity index (χ3n) is 6.41. The molecule has 2 heterocycles. The average Bonchev–Trinajstić information content (AvgIpc) is 3.25. The van der Waals surface area contributed by atoms with Gasteiger partial charge in [0, 0.05) is 23.1 Å². The van der Waals surface area contributed by atoms with Gasteiger partial charge in [-0.2, -0.15) is 5.10 Å². The quantitative estimate of drug-likeness (QED) is 0.442. The van der Waals surface area contributed by atoms with Crippen LogP contribution in [0.5, 0.6) is 11.5 Å². The van der Waals surface area contributed by atoms with Crippen LogP contribution in [0.4, 0.5) is 5.82 Å². The lowest BCUT2D eigenvalue weighted by Crippen LogP contribution is -2.42. The number of hydrogen-bond acceptors (Lipinski definition) is 6. The largest absolute Gasteiger partial charge is 0.497 e. The van der Waals surface area contributed by atoms with Crippen LogP contribution in [0.3, 0.4) is 0 Å². The number of hydrogen-bond donors (Lipinski definition) is 1. The number of thioether (sulfide) groups is 1. The zero-order valence-corrected chi connectivity index (χ0v) is 23.7. The molecule has 0 radical (unpaired) electrons. The van der Waals surface area contributed by atoms with Crippen LogP contribution in [0.2, 0.25) is 0 Å². The van der Waals surface area contributed by atoms with E-state index in [2.05, 4.69) is 26.1 Å². The van der Waals surface area contributed by atoms with E-state index >= 15 is 0 Å². The fourth-order valence-electron chi connectivity index (χ4n) is 4.57. The summed E-state index contributed by atoms with van der Waals surface area (Å²) >= 11 is 1.53. The van der Waals surface area contributed by atoms with Crippen molar-refractivity contribution in [3.8, 4) is 17.2 Å². The van der Waals surface area contributed by atoms with Crippen LogP contribution in [0.15, 0.2) is 48.5 Å². The fourth-order valence-corrected chi connectivity index (χ4v) is 5.79. The number of anilines is 1. The van der Waals surface area contributed by atoms with Gasteiger partial charge in [-0.25, -0.2) is 4.68 Å². The van der Waals surface area contributed by atoms with Crippen molar-refractivity contribution in [2.45, 2.75) is 44.8 Å². The summed E-state index contributed by atoms with van der Waals surface area (Å²) in [5.74, 6) is 1.94. The molecule has 1 aromatic heterocycles. The van der Waals surface area contributed by atoms with Crippen LogP contribution < -0.4 is 19.7 Å². The first kappa shape index (κ1) is 27.6. The number of fused-ring (bicyclic) bond motifs is 1. The number of nitrogens with zero attached hydrogens (tertiary/aromatic N) is 3. The highest BCUT2D eigenvalue weighted by Crippen LogP contribution is 2.50. The van der Waals surface area contributed by atoms with Gasteiger partial charge in [0.15, 0.2) is 0 Å². The molecule has 0 fully saturated rings. The minimum absolute atomic E-state index is 0.0868. The number of carbonyl (C=O) groups excluding carboxylic acids is 2. The maximum Gasteiger partial charge on any atom is 0.240 e. The molecule has 0 spiro atoms. The molecule has 0 aliphatic carbocycles. The molecule has 0 bridgehead atoms. The summed E-state index contributed by atoms with van der Waals surface area (Å²) < 4.78 is 12.9. The number of aromatic nitrogens is 2. The Morgan fingerprint density at radius 2 is 1.82 bits per heavy atom. The fraction of sp³-hybridized carbons (Fsp3) is 0.414. The predicted molar refractivity (Wildman–Crippen MR) is 152 cm³/mol. The summed E-state index contributed by atoms with van der Waals surface area (Å²) in [5, 5.41) is 7.80. The summed E-state index contributed by atoms with van der Waals surface area (Å²) in [6, 6.07) is 15.4. The molecule has 3 aromatic rings. The van der Waals surface area contributed by atoms with Crippen molar-refractivity contribution < 1.29 is 19.1 Å². The molecule has 1 atom stereocenters. The molecule has 1 unspecified atom stereocenters. The Bertz CT molecular complexity index is 1300. The van der Waals surface area contributed by atoms with Gasteiger partial charge in [0.1, 0.15) is 23.9 Å². The number of carbonyl (C=O) groups is 2. The van der Waals surface area contributed by atoms with E-state index in [1.165, 1.54) is 11.8 Å². The number of para-hydroxylation sites is 1. The van der Waals surface area contributed by atoms with E-state index in [9.17, 15) is 9.59 Å². The summed E-state index contributed by atoms with van der Waals surface area (Å²) in [5.41, 5.74) is 3.17. The van der Waals surface area contributed by atoms with Crippen molar-refractivity contribution >= 4 is 29.4 Å². The lowest BCUT2D eigenvalue weighted by molar-refractivity contribution is -0.122. The molecule has 2 aromatic carbocycles. The second-order valence-electron chi connectivity index (χ2n) is 10.2. The van der Waals surface area contributed by atoms with Gasteiger partial charge in [0.25, 0.3) is 0 Å². The molecule has 9 heteroatoms. The molecule has 1 N–H and O–H groups in total. The third-order valence-corrected chi connectivity index (χ3v) is 7.65. The molecule has 0 saturated carbocycles. The molecule has 1 aliphatic rings. The van der Waals surface area contributed by atoms with Gasteiger partial charge >= 0.3 is 0 Å². The number of rotatable bonds is 8. The topological polar surface area (TPSA) is 85.7 Å². The Hall–Kier alpha value is -3.46. The first-order valence-electron chi connectivity index (χ1n) is 12.8. The molecule has 8 nitrogen and oxygen atoms in total.